The van der Waals surface area contributed by atoms with Crippen molar-refractivity contribution in [2.24, 2.45) is 0 Å². The van der Waals surface area contributed by atoms with E-state index in [1.54, 1.807) is 25.1 Å². The van der Waals surface area contributed by atoms with E-state index >= 15 is 0 Å². The first-order valence-electron chi connectivity index (χ1n) is 6.28. The fourth-order valence-electron chi connectivity index (χ4n) is 1.74. The zero-order valence-corrected chi connectivity index (χ0v) is 11.5. The fraction of sp³-hybridized carbons (Fsp3) is 0.429. The van der Waals surface area contributed by atoms with Crippen LogP contribution in [0.1, 0.15) is 36.2 Å². The molecule has 0 radical (unpaired) electrons. The fourth-order valence-corrected chi connectivity index (χ4v) is 1.74. The van der Waals surface area contributed by atoms with Gasteiger partial charge in [0.2, 0.25) is 5.91 Å². The molecule has 0 aliphatic rings. The summed E-state index contributed by atoms with van der Waals surface area (Å²) < 4.78 is 0. The van der Waals surface area contributed by atoms with E-state index in [-0.39, 0.29) is 11.5 Å². The van der Waals surface area contributed by atoms with Crippen molar-refractivity contribution in [3.05, 3.63) is 29.3 Å². The van der Waals surface area contributed by atoms with Crippen LogP contribution in [0.15, 0.2) is 18.2 Å². The number of carbonyl (C=O) groups is 2. The van der Waals surface area contributed by atoms with Crippen molar-refractivity contribution in [3.63, 3.8) is 0 Å². The molecule has 19 heavy (non-hydrogen) atoms. The molecule has 1 amide bonds. The van der Waals surface area contributed by atoms with E-state index in [1.807, 2.05) is 13.8 Å². The Morgan fingerprint density at radius 3 is 2.58 bits per heavy atom. The number of carbonyl (C=O) groups excluding carboxylic acids is 1. The minimum atomic E-state index is -1.03. The van der Waals surface area contributed by atoms with E-state index in [4.69, 9.17) is 5.11 Å². The molecule has 3 N–H and O–H groups in total. The monoisotopic (exact) mass is 264 g/mol. The number of amides is 1. The van der Waals surface area contributed by atoms with Gasteiger partial charge in [0.15, 0.2) is 0 Å². The smallest absolute Gasteiger partial charge is 0.338 e. The molecule has 1 rings (SSSR count). The van der Waals surface area contributed by atoms with Gasteiger partial charge < -0.3 is 15.7 Å². The summed E-state index contributed by atoms with van der Waals surface area (Å²) >= 11 is 0. The molecule has 5 nitrogen and oxygen atoms in total. The van der Waals surface area contributed by atoms with Crippen molar-refractivity contribution in [2.45, 2.75) is 33.2 Å². The SMILES string of the molecule is Cc1cccc(NC(=O)CCNC(C)C)c1C(=O)O. The third kappa shape index (κ3) is 4.71. The lowest BCUT2D eigenvalue weighted by molar-refractivity contribution is -0.116. The number of nitrogens with one attached hydrogen (secondary N) is 2. The number of benzene rings is 1. The van der Waals surface area contributed by atoms with Crippen LogP contribution in [0, 0.1) is 6.92 Å². The predicted octanol–water partition coefficient (Wildman–Crippen LogP) is 2.02. The van der Waals surface area contributed by atoms with Crippen LogP contribution in [-0.2, 0) is 4.79 Å². The van der Waals surface area contributed by atoms with Gasteiger partial charge in [-0.05, 0) is 18.6 Å². The summed E-state index contributed by atoms with van der Waals surface area (Å²) in [4.78, 5) is 22.9. The van der Waals surface area contributed by atoms with E-state index in [0.717, 1.165) is 0 Å². The molecule has 1 aromatic rings. The van der Waals surface area contributed by atoms with Gasteiger partial charge in [0, 0.05) is 19.0 Å². The van der Waals surface area contributed by atoms with E-state index in [0.29, 0.717) is 30.3 Å². The van der Waals surface area contributed by atoms with Crippen LogP contribution in [0.5, 0.6) is 0 Å². The Kier molecular flexibility index (Phi) is 5.51. The molecule has 0 aliphatic carbocycles. The van der Waals surface area contributed by atoms with Crippen molar-refractivity contribution in [3.8, 4) is 0 Å². The highest BCUT2D eigenvalue weighted by atomic mass is 16.4. The third-order valence-corrected chi connectivity index (χ3v) is 2.67. The van der Waals surface area contributed by atoms with Crippen LogP contribution in [-0.4, -0.2) is 29.6 Å². The van der Waals surface area contributed by atoms with Crippen LogP contribution in [0.3, 0.4) is 0 Å². The van der Waals surface area contributed by atoms with Crippen LogP contribution in [0.25, 0.3) is 0 Å². The summed E-state index contributed by atoms with van der Waals surface area (Å²) in [5.74, 6) is -1.23. The maximum Gasteiger partial charge on any atom is 0.338 e. The van der Waals surface area contributed by atoms with Crippen LogP contribution >= 0.6 is 0 Å². The summed E-state index contributed by atoms with van der Waals surface area (Å²) in [5.41, 5.74) is 1.13. The van der Waals surface area contributed by atoms with Crippen LogP contribution < -0.4 is 10.6 Å². The van der Waals surface area contributed by atoms with E-state index in [9.17, 15) is 9.59 Å². The summed E-state index contributed by atoms with van der Waals surface area (Å²) in [6, 6.07) is 5.36. The maximum absolute atomic E-state index is 11.7. The van der Waals surface area contributed by atoms with Gasteiger partial charge in [-0.3, -0.25) is 4.79 Å². The molecule has 0 aliphatic heterocycles. The molecule has 0 bridgehead atoms. The van der Waals surface area contributed by atoms with Gasteiger partial charge in [-0.15, -0.1) is 0 Å². The van der Waals surface area contributed by atoms with Crippen molar-refractivity contribution in [1.29, 1.82) is 0 Å². The highest BCUT2D eigenvalue weighted by Gasteiger charge is 2.14. The molecule has 0 fully saturated rings. The Bertz CT molecular complexity index is 470. The van der Waals surface area contributed by atoms with Gasteiger partial charge in [0.25, 0.3) is 0 Å². The van der Waals surface area contributed by atoms with E-state index in [1.165, 1.54) is 0 Å². The summed E-state index contributed by atoms with van der Waals surface area (Å²) in [5, 5.41) is 14.9. The van der Waals surface area contributed by atoms with Gasteiger partial charge >= 0.3 is 5.97 Å². The topological polar surface area (TPSA) is 78.4 Å². The standard InChI is InChI=1S/C14H20N2O3/c1-9(2)15-8-7-12(17)16-11-6-4-5-10(3)13(11)14(18)19/h4-6,9,15H,7-8H2,1-3H3,(H,16,17)(H,18,19). The normalized spacial score (nSPS) is 10.5. The summed E-state index contributed by atoms with van der Waals surface area (Å²) in [6.07, 6.45) is 0.311. The van der Waals surface area contributed by atoms with Gasteiger partial charge in [0.1, 0.15) is 0 Å². The summed E-state index contributed by atoms with van der Waals surface area (Å²) in [7, 11) is 0. The Hall–Kier alpha value is -1.88. The summed E-state index contributed by atoms with van der Waals surface area (Å²) in [6.45, 7) is 6.28. The second-order valence-electron chi connectivity index (χ2n) is 4.71. The van der Waals surface area contributed by atoms with Crippen molar-refractivity contribution in [2.75, 3.05) is 11.9 Å². The third-order valence-electron chi connectivity index (χ3n) is 2.67. The molecule has 104 valence electrons. The molecule has 0 atom stereocenters. The van der Waals surface area contributed by atoms with Crippen LogP contribution in [0.4, 0.5) is 5.69 Å². The highest BCUT2D eigenvalue weighted by Crippen LogP contribution is 2.19. The number of aromatic carboxylic acids is 1. The second kappa shape index (κ2) is 6.89. The number of rotatable bonds is 6. The number of carboxylic acid groups (broad SMARTS) is 1. The first-order valence-corrected chi connectivity index (χ1v) is 6.28. The van der Waals surface area contributed by atoms with Crippen molar-refractivity contribution < 1.29 is 14.7 Å². The minimum absolute atomic E-state index is 0.146. The van der Waals surface area contributed by atoms with Gasteiger partial charge in [-0.1, -0.05) is 26.0 Å². The number of hydrogen-bond acceptors (Lipinski definition) is 3. The lowest BCUT2D eigenvalue weighted by Crippen LogP contribution is -2.27. The minimum Gasteiger partial charge on any atom is -0.478 e. The van der Waals surface area contributed by atoms with Gasteiger partial charge in [0.05, 0.1) is 11.3 Å². The molecule has 0 spiro atoms. The predicted molar refractivity (Wildman–Crippen MR) is 74.5 cm³/mol. The quantitative estimate of drug-likeness (QED) is 0.734. The molecule has 1 aromatic carbocycles. The molecule has 0 heterocycles. The van der Waals surface area contributed by atoms with E-state index < -0.39 is 5.97 Å². The first kappa shape index (κ1) is 15.2. The molecule has 5 heteroatoms. The van der Waals surface area contributed by atoms with Gasteiger partial charge in [-0.2, -0.15) is 0 Å². The molecule has 0 aromatic heterocycles. The molecule has 0 unspecified atom stereocenters. The second-order valence-corrected chi connectivity index (χ2v) is 4.71. The average Bonchev–Trinajstić information content (AvgIpc) is 2.27. The Morgan fingerprint density at radius 1 is 1.32 bits per heavy atom. The van der Waals surface area contributed by atoms with Crippen molar-refractivity contribution in [1.82, 2.24) is 5.32 Å². The Balaban J connectivity index is 2.69. The number of aryl methyl sites for hydroxylation is 1. The highest BCUT2D eigenvalue weighted by molar-refractivity contribution is 6.01. The number of hydrogen-bond donors (Lipinski definition) is 3. The van der Waals surface area contributed by atoms with E-state index in [2.05, 4.69) is 10.6 Å². The Labute approximate surface area is 113 Å². The molecule has 0 saturated heterocycles. The zero-order valence-electron chi connectivity index (χ0n) is 11.5. The maximum atomic E-state index is 11.7. The number of anilines is 1. The Morgan fingerprint density at radius 2 is 2.00 bits per heavy atom. The first-order chi connectivity index (χ1) is 8.91. The van der Waals surface area contributed by atoms with Gasteiger partial charge in [-0.25, -0.2) is 4.79 Å². The average molecular weight is 264 g/mol. The molecular formula is C14H20N2O3. The zero-order chi connectivity index (χ0) is 14.4. The number of carboxylic acids is 1. The lowest BCUT2D eigenvalue weighted by atomic mass is 10.1. The molecular weight excluding hydrogens is 244 g/mol. The van der Waals surface area contributed by atoms with Crippen molar-refractivity contribution >= 4 is 17.6 Å². The molecule has 0 saturated carbocycles. The largest absolute Gasteiger partial charge is 0.478 e. The van der Waals surface area contributed by atoms with Crippen LogP contribution in [0.2, 0.25) is 0 Å². The lowest BCUT2D eigenvalue weighted by Gasteiger charge is -2.11.